The zero-order valence-electron chi connectivity index (χ0n) is 11.6. The highest BCUT2D eigenvalue weighted by Gasteiger charge is 2.26. The van der Waals surface area contributed by atoms with Crippen molar-refractivity contribution >= 4 is 0 Å². The second kappa shape index (κ2) is 5.72. The summed E-state index contributed by atoms with van der Waals surface area (Å²) in [6.45, 7) is 9.41. The first kappa shape index (κ1) is 13.4. The highest BCUT2D eigenvalue weighted by atomic mass is 16.5. The minimum atomic E-state index is 0.230. The second-order valence-corrected chi connectivity index (χ2v) is 5.65. The van der Waals surface area contributed by atoms with Crippen LogP contribution in [0, 0.1) is 5.92 Å². The van der Waals surface area contributed by atoms with E-state index >= 15 is 0 Å². The predicted molar refractivity (Wildman–Crippen MR) is 74.6 cm³/mol. The van der Waals surface area contributed by atoms with Crippen LogP contribution in [0.5, 0.6) is 5.75 Å². The smallest absolute Gasteiger partial charge is 0.119 e. The molecule has 1 saturated heterocycles. The number of rotatable bonds is 4. The van der Waals surface area contributed by atoms with E-state index in [0.717, 1.165) is 25.4 Å². The number of nitrogens with two attached hydrogens (primary N) is 1. The summed E-state index contributed by atoms with van der Waals surface area (Å²) in [5.41, 5.74) is 7.37. The molecule has 0 spiro atoms. The Labute approximate surface area is 110 Å². The molecule has 2 rings (SSSR count). The third-order valence-corrected chi connectivity index (χ3v) is 3.45. The van der Waals surface area contributed by atoms with Crippen LogP contribution in [0.25, 0.3) is 0 Å². The molecule has 0 amide bonds. The average molecular weight is 248 g/mol. The Kier molecular flexibility index (Phi) is 4.25. The van der Waals surface area contributed by atoms with Crippen LogP contribution in [-0.2, 0) is 6.54 Å². The fourth-order valence-corrected chi connectivity index (χ4v) is 2.43. The molecule has 1 aromatic rings. The molecule has 0 bridgehead atoms. The maximum atomic E-state index is 6.04. The van der Waals surface area contributed by atoms with Crippen LogP contribution in [0.4, 0.5) is 0 Å². The van der Waals surface area contributed by atoms with Crippen molar-refractivity contribution in [1.29, 1.82) is 0 Å². The van der Waals surface area contributed by atoms with Gasteiger partial charge in [-0.1, -0.05) is 19.1 Å². The molecule has 2 N–H and O–H groups in total. The molecule has 1 heterocycles. The Morgan fingerprint density at radius 1 is 1.28 bits per heavy atom. The first-order valence-corrected chi connectivity index (χ1v) is 6.78. The summed E-state index contributed by atoms with van der Waals surface area (Å²) < 4.78 is 5.64. The minimum absolute atomic E-state index is 0.230. The van der Waals surface area contributed by atoms with Crippen molar-refractivity contribution in [3.63, 3.8) is 0 Å². The third-order valence-electron chi connectivity index (χ3n) is 3.45. The van der Waals surface area contributed by atoms with Crippen molar-refractivity contribution in [1.82, 2.24) is 4.90 Å². The standard InChI is InChI=1S/C15H24N2O/c1-11(2)18-14-6-4-13(5-7-14)9-17-8-12(3)15(16)10-17/h4-7,11-12,15H,8-10,16H2,1-3H3. The molecule has 2 atom stereocenters. The Balaban J connectivity index is 1.90. The van der Waals surface area contributed by atoms with Crippen molar-refractivity contribution in [2.24, 2.45) is 11.7 Å². The van der Waals surface area contributed by atoms with Gasteiger partial charge in [-0.2, -0.15) is 0 Å². The Morgan fingerprint density at radius 2 is 1.94 bits per heavy atom. The van der Waals surface area contributed by atoms with E-state index in [9.17, 15) is 0 Å². The van der Waals surface area contributed by atoms with E-state index in [2.05, 4.69) is 36.1 Å². The van der Waals surface area contributed by atoms with Gasteiger partial charge in [-0.15, -0.1) is 0 Å². The Bertz CT molecular complexity index is 365. The molecule has 2 unspecified atom stereocenters. The van der Waals surface area contributed by atoms with Crippen molar-refractivity contribution in [2.75, 3.05) is 13.1 Å². The van der Waals surface area contributed by atoms with Crippen LogP contribution in [0.1, 0.15) is 26.3 Å². The topological polar surface area (TPSA) is 38.5 Å². The molecule has 1 aromatic carbocycles. The van der Waals surface area contributed by atoms with Gasteiger partial charge < -0.3 is 10.5 Å². The Morgan fingerprint density at radius 3 is 2.44 bits per heavy atom. The van der Waals surface area contributed by atoms with Gasteiger partial charge in [0, 0.05) is 25.7 Å². The zero-order valence-corrected chi connectivity index (χ0v) is 11.6. The highest BCUT2D eigenvalue weighted by Crippen LogP contribution is 2.19. The number of ether oxygens (including phenoxy) is 1. The van der Waals surface area contributed by atoms with E-state index in [1.807, 2.05) is 13.8 Å². The van der Waals surface area contributed by atoms with Gasteiger partial charge in [-0.3, -0.25) is 4.90 Å². The molecule has 100 valence electrons. The van der Waals surface area contributed by atoms with Crippen LogP contribution in [0.15, 0.2) is 24.3 Å². The number of benzene rings is 1. The average Bonchev–Trinajstić information content (AvgIpc) is 2.60. The summed E-state index contributed by atoms with van der Waals surface area (Å²) in [5.74, 6) is 1.55. The van der Waals surface area contributed by atoms with Crippen LogP contribution in [0.3, 0.4) is 0 Å². The maximum absolute atomic E-state index is 6.04. The monoisotopic (exact) mass is 248 g/mol. The van der Waals surface area contributed by atoms with Gasteiger partial charge >= 0.3 is 0 Å². The van der Waals surface area contributed by atoms with Crippen LogP contribution in [0.2, 0.25) is 0 Å². The lowest BCUT2D eigenvalue weighted by molar-refractivity contribution is 0.242. The molecule has 1 aliphatic rings. The number of nitrogens with zero attached hydrogens (tertiary/aromatic N) is 1. The predicted octanol–water partition coefficient (Wildman–Crippen LogP) is 2.25. The lowest BCUT2D eigenvalue weighted by Crippen LogP contribution is -2.28. The summed E-state index contributed by atoms with van der Waals surface area (Å²) >= 11 is 0. The summed E-state index contributed by atoms with van der Waals surface area (Å²) in [7, 11) is 0. The quantitative estimate of drug-likeness (QED) is 0.888. The fourth-order valence-electron chi connectivity index (χ4n) is 2.43. The summed E-state index contributed by atoms with van der Waals surface area (Å²) in [6, 6.07) is 8.72. The Hall–Kier alpha value is -1.06. The number of likely N-dealkylation sites (tertiary alicyclic amines) is 1. The maximum Gasteiger partial charge on any atom is 0.119 e. The SMILES string of the molecule is CC(C)Oc1ccc(CN2CC(C)C(N)C2)cc1. The van der Waals surface area contributed by atoms with E-state index in [1.54, 1.807) is 0 Å². The first-order chi connectivity index (χ1) is 8.54. The molecule has 0 aromatic heterocycles. The van der Waals surface area contributed by atoms with E-state index in [1.165, 1.54) is 5.56 Å². The molecule has 0 aliphatic carbocycles. The lowest BCUT2D eigenvalue weighted by Gasteiger charge is -2.16. The van der Waals surface area contributed by atoms with Gasteiger partial charge in [0.1, 0.15) is 5.75 Å². The molecule has 1 aliphatic heterocycles. The van der Waals surface area contributed by atoms with Gasteiger partial charge in [0.2, 0.25) is 0 Å². The van der Waals surface area contributed by atoms with Gasteiger partial charge in [0.25, 0.3) is 0 Å². The molecule has 18 heavy (non-hydrogen) atoms. The molecule has 1 fully saturated rings. The largest absolute Gasteiger partial charge is 0.491 e. The molecule has 3 heteroatoms. The van der Waals surface area contributed by atoms with Gasteiger partial charge in [-0.05, 0) is 37.5 Å². The summed E-state index contributed by atoms with van der Waals surface area (Å²) in [5, 5.41) is 0. The van der Waals surface area contributed by atoms with E-state index in [-0.39, 0.29) is 6.10 Å². The zero-order chi connectivity index (χ0) is 13.1. The molecule has 0 saturated carbocycles. The molecular weight excluding hydrogens is 224 g/mol. The van der Waals surface area contributed by atoms with Gasteiger partial charge in [0.05, 0.1) is 6.10 Å². The van der Waals surface area contributed by atoms with E-state index in [4.69, 9.17) is 10.5 Å². The van der Waals surface area contributed by atoms with Crippen LogP contribution < -0.4 is 10.5 Å². The number of hydrogen-bond acceptors (Lipinski definition) is 3. The van der Waals surface area contributed by atoms with E-state index in [0.29, 0.717) is 12.0 Å². The van der Waals surface area contributed by atoms with Crippen molar-refractivity contribution < 1.29 is 4.74 Å². The van der Waals surface area contributed by atoms with Crippen molar-refractivity contribution in [3.8, 4) is 5.75 Å². The normalized spacial score (nSPS) is 24.7. The van der Waals surface area contributed by atoms with Crippen LogP contribution in [-0.4, -0.2) is 30.1 Å². The lowest BCUT2D eigenvalue weighted by atomic mass is 10.1. The minimum Gasteiger partial charge on any atom is -0.491 e. The van der Waals surface area contributed by atoms with Crippen molar-refractivity contribution in [3.05, 3.63) is 29.8 Å². The first-order valence-electron chi connectivity index (χ1n) is 6.78. The molecule has 3 nitrogen and oxygen atoms in total. The third kappa shape index (κ3) is 3.47. The van der Waals surface area contributed by atoms with Crippen molar-refractivity contribution in [2.45, 2.75) is 39.5 Å². The molecule has 0 radical (unpaired) electrons. The van der Waals surface area contributed by atoms with Crippen LogP contribution >= 0.6 is 0 Å². The van der Waals surface area contributed by atoms with E-state index < -0.39 is 0 Å². The number of hydrogen-bond donors (Lipinski definition) is 1. The fraction of sp³-hybridized carbons (Fsp3) is 0.600. The van der Waals surface area contributed by atoms with Gasteiger partial charge in [0.15, 0.2) is 0 Å². The summed E-state index contributed by atoms with van der Waals surface area (Å²) in [4.78, 5) is 2.42. The second-order valence-electron chi connectivity index (χ2n) is 5.65. The highest BCUT2D eigenvalue weighted by molar-refractivity contribution is 5.27. The van der Waals surface area contributed by atoms with Gasteiger partial charge in [-0.25, -0.2) is 0 Å². The molecular formula is C15H24N2O. The summed E-state index contributed by atoms with van der Waals surface area (Å²) in [6.07, 6.45) is 0.230.